The molecule has 3 rings (SSSR count). The van der Waals surface area contributed by atoms with Gasteiger partial charge in [0.1, 0.15) is 5.52 Å². The van der Waals surface area contributed by atoms with Crippen LogP contribution in [-0.2, 0) is 4.74 Å². The molecule has 0 N–H and O–H groups in total. The molecule has 0 unspecified atom stereocenters. The molecule has 2 aromatic heterocycles. The molecule has 0 radical (unpaired) electrons. The zero-order chi connectivity index (χ0) is 14.7. The Hall–Kier alpha value is -3.02. The van der Waals surface area contributed by atoms with Crippen molar-refractivity contribution in [1.29, 1.82) is 0 Å². The number of hydrogen-bond acceptors (Lipinski definition) is 6. The number of esters is 1. The maximum absolute atomic E-state index is 11.9. The number of nitrogens with zero attached hydrogens (tertiary/aromatic N) is 2. The van der Waals surface area contributed by atoms with E-state index in [-0.39, 0.29) is 12.4 Å². The Morgan fingerprint density at radius 1 is 1.19 bits per heavy atom. The molecule has 104 valence electrons. The molecule has 3 aromatic rings. The van der Waals surface area contributed by atoms with E-state index in [0.29, 0.717) is 22.2 Å². The van der Waals surface area contributed by atoms with Gasteiger partial charge in [0.25, 0.3) is 0 Å². The van der Waals surface area contributed by atoms with Crippen LogP contribution in [0.1, 0.15) is 20.7 Å². The molecule has 0 aliphatic carbocycles. The molecule has 0 bridgehead atoms. The van der Waals surface area contributed by atoms with Crippen LogP contribution in [0.15, 0.2) is 53.5 Å². The van der Waals surface area contributed by atoms with Crippen LogP contribution in [0.4, 0.5) is 0 Å². The van der Waals surface area contributed by atoms with E-state index in [1.807, 2.05) is 0 Å². The molecule has 0 fully saturated rings. The maximum Gasteiger partial charge on any atom is 0.338 e. The van der Waals surface area contributed by atoms with Crippen LogP contribution in [0, 0.1) is 0 Å². The van der Waals surface area contributed by atoms with E-state index in [1.165, 1.54) is 12.6 Å². The van der Waals surface area contributed by atoms with E-state index in [9.17, 15) is 9.59 Å². The van der Waals surface area contributed by atoms with Gasteiger partial charge in [-0.3, -0.25) is 9.78 Å². The Morgan fingerprint density at radius 3 is 2.90 bits per heavy atom. The quantitative estimate of drug-likeness (QED) is 0.539. The summed E-state index contributed by atoms with van der Waals surface area (Å²) in [6.45, 7) is -0.332. The highest BCUT2D eigenvalue weighted by Crippen LogP contribution is 2.15. The number of benzene rings is 1. The van der Waals surface area contributed by atoms with Crippen molar-refractivity contribution < 1.29 is 18.7 Å². The summed E-state index contributed by atoms with van der Waals surface area (Å²) in [4.78, 5) is 31.5. The third-order valence-corrected chi connectivity index (χ3v) is 2.88. The SMILES string of the molecule is O=C(COC(=O)c1ccc2ocnc2c1)c1cccnc1. The zero-order valence-corrected chi connectivity index (χ0v) is 10.9. The predicted octanol–water partition coefficient (Wildman–Crippen LogP) is 2.26. The van der Waals surface area contributed by atoms with Crippen molar-refractivity contribution in [2.45, 2.75) is 0 Å². The molecule has 0 spiro atoms. The molecule has 1 aromatic carbocycles. The Balaban J connectivity index is 1.67. The van der Waals surface area contributed by atoms with Crippen LogP contribution in [0.25, 0.3) is 11.1 Å². The second-order valence-electron chi connectivity index (χ2n) is 4.28. The minimum atomic E-state index is -0.586. The molecule has 6 nitrogen and oxygen atoms in total. The van der Waals surface area contributed by atoms with E-state index < -0.39 is 5.97 Å². The largest absolute Gasteiger partial charge is 0.454 e. The van der Waals surface area contributed by atoms with Crippen molar-refractivity contribution in [1.82, 2.24) is 9.97 Å². The van der Waals surface area contributed by atoms with E-state index in [0.717, 1.165) is 0 Å². The summed E-state index contributed by atoms with van der Waals surface area (Å²) in [6.07, 6.45) is 4.29. The molecule has 0 aliphatic rings. The summed E-state index contributed by atoms with van der Waals surface area (Å²) in [5, 5.41) is 0. The van der Waals surface area contributed by atoms with Gasteiger partial charge in [-0.2, -0.15) is 0 Å². The van der Waals surface area contributed by atoms with Crippen molar-refractivity contribution in [3.8, 4) is 0 Å². The van der Waals surface area contributed by atoms with Crippen LogP contribution < -0.4 is 0 Å². The first-order valence-electron chi connectivity index (χ1n) is 6.17. The fourth-order valence-corrected chi connectivity index (χ4v) is 1.81. The molecule has 0 saturated carbocycles. The number of ether oxygens (including phenoxy) is 1. The van der Waals surface area contributed by atoms with Gasteiger partial charge in [-0.15, -0.1) is 0 Å². The number of carbonyl (C=O) groups is 2. The average Bonchev–Trinajstić information content (AvgIpc) is 3.00. The number of hydrogen-bond donors (Lipinski definition) is 0. The van der Waals surface area contributed by atoms with Gasteiger partial charge < -0.3 is 9.15 Å². The molecular formula is C15H10N2O4. The average molecular weight is 282 g/mol. The number of pyridine rings is 1. The van der Waals surface area contributed by atoms with E-state index in [4.69, 9.17) is 9.15 Å². The lowest BCUT2D eigenvalue weighted by Gasteiger charge is -2.04. The van der Waals surface area contributed by atoms with E-state index >= 15 is 0 Å². The molecule has 0 atom stereocenters. The van der Waals surface area contributed by atoms with Crippen LogP contribution in [0.3, 0.4) is 0 Å². The summed E-state index contributed by atoms with van der Waals surface area (Å²) in [6, 6.07) is 8.00. The molecule has 6 heteroatoms. The number of fused-ring (bicyclic) bond motifs is 1. The van der Waals surface area contributed by atoms with Gasteiger partial charge >= 0.3 is 5.97 Å². The lowest BCUT2D eigenvalue weighted by Crippen LogP contribution is -2.14. The summed E-state index contributed by atoms with van der Waals surface area (Å²) < 4.78 is 10.1. The second-order valence-corrected chi connectivity index (χ2v) is 4.28. The minimum absolute atomic E-state index is 0.307. The van der Waals surface area contributed by atoms with Gasteiger partial charge in [0.05, 0.1) is 5.56 Å². The minimum Gasteiger partial charge on any atom is -0.454 e. The van der Waals surface area contributed by atoms with Gasteiger partial charge in [-0.25, -0.2) is 9.78 Å². The summed E-state index contributed by atoms with van der Waals surface area (Å²) in [5.41, 5.74) is 1.86. The zero-order valence-electron chi connectivity index (χ0n) is 10.9. The molecule has 0 aliphatic heterocycles. The lowest BCUT2D eigenvalue weighted by molar-refractivity contribution is 0.0475. The Kier molecular flexibility index (Phi) is 3.42. The smallest absolute Gasteiger partial charge is 0.338 e. The first-order valence-corrected chi connectivity index (χ1v) is 6.17. The molecule has 2 heterocycles. The predicted molar refractivity (Wildman–Crippen MR) is 72.9 cm³/mol. The number of aromatic nitrogens is 2. The number of rotatable bonds is 4. The number of oxazole rings is 1. The Bertz CT molecular complexity index is 796. The third kappa shape index (κ3) is 2.79. The molecular weight excluding hydrogens is 272 g/mol. The van der Waals surface area contributed by atoms with Crippen molar-refractivity contribution >= 4 is 22.9 Å². The first kappa shape index (κ1) is 13.0. The highest BCUT2D eigenvalue weighted by Gasteiger charge is 2.13. The second kappa shape index (κ2) is 5.54. The highest BCUT2D eigenvalue weighted by atomic mass is 16.5. The fourth-order valence-electron chi connectivity index (χ4n) is 1.81. The van der Waals surface area contributed by atoms with Crippen molar-refractivity contribution in [2.24, 2.45) is 0 Å². The van der Waals surface area contributed by atoms with Gasteiger partial charge in [0.2, 0.25) is 5.78 Å². The van der Waals surface area contributed by atoms with Crippen LogP contribution in [0.5, 0.6) is 0 Å². The standard InChI is InChI=1S/C15H10N2O4/c18-13(11-2-1-5-16-7-11)8-20-15(19)10-3-4-14-12(6-10)17-9-21-14/h1-7,9H,8H2. The summed E-state index contributed by atoms with van der Waals surface area (Å²) in [5.74, 6) is -0.892. The van der Waals surface area contributed by atoms with Crippen LogP contribution in [-0.4, -0.2) is 28.3 Å². The normalized spacial score (nSPS) is 10.5. The lowest BCUT2D eigenvalue weighted by atomic mass is 10.2. The fraction of sp³-hybridized carbons (Fsp3) is 0.0667. The van der Waals surface area contributed by atoms with Crippen LogP contribution >= 0.6 is 0 Å². The van der Waals surface area contributed by atoms with Crippen molar-refractivity contribution in [2.75, 3.05) is 6.61 Å². The van der Waals surface area contributed by atoms with Crippen molar-refractivity contribution in [3.05, 3.63) is 60.2 Å². The molecule has 21 heavy (non-hydrogen) atoms. The first-order chi connectivity index (χ1) is 10.2. The Labute approximate surface area is 119 Å². The summed E-state index contributed by atoms with van der Waals surface area (Å²) >= 11 is 0. The number of ketones is 1. The number of carbonyl (C=O) groups excluding carboxylic acids is 2. The molecule has 0 amide bonds. The van der Waals surface area contributed by atoms with Gasteiger partial charge in [0, 0.05) is 18.0 Å². The van der Waals surface area contributed by atoms with E-state index in [1.54, 1.807) is 36.5 Å². The maximum atomic E-state index is 11.9. The van der Waals surface area contributed by atoms with Gasteiger partial charge in [0.15, 0.2) is 18.6 Å². The monoisotopic (exact) mass is 282 g/mol. The molecule has 0 saturated heterocycles. The summed E-state index contributed by atoms with van der Waals surface area (Å²) in [7, 11) is 0. The third-order valence-electron chi connectivity index (χ3n) is 2.88. The van der Waals surface area contributed by atoms with Crippen molar-refractivity contribution in [3.63, 3.8) is 0 Å². The van der Waals surface area contributed by atoms with Gasteiger partial charge in [-0.05, 0) is 30.3 Å². The highest BCUT2D eigenvalue weighted by molar-refractivity contribution is 5.99. The number of Topliss-reactive ketones (excluding diaryl/α,β-unsaturated/α-hetero) is 1. The van der Waals surface area contributed by atoms with E-state index in [2.05, 4.69) is 9.97 Å². The van der Waals surface area contributed by atoms with Gasteiger partial charge in [-0.1, -0.05) is 0 Å². The van der Waals surface area contributed by atoms with Crippen LogP contribution in [0.2, 0.25) is 0 Å². The topological polar surface area (TPSA) is 82.3 Å². The Morgan fingerprint density at radius 2 is 2.10 bits per heavy atom.